The molecule has 0 saturated carbocycles. The van der Waals surface area contributed by atoms with Gasteiger partial charge in [0, 0.05) is 22.8 Å². The fourth-order valence-electron chi connectivity index (χ4n) is 1.07. The van der Waals surface area contributed by atoms with Crippen LogP contribution in [0.2, 0.25) is 0 Å². The number of rotatable bonds is 5. The molecule has 0 aliphatic heterocycles. The van der Waals surface area contributed by atoms with Crippen molar-refractivity contribution in [1.82, 2.24) is 9.97 Å². The first-order chi connectivity index (χ1) is 6.72. The summed E-state index contributed by atoms with van der Waals surface area (Å²) < 4.78 is 0.910. The summed E-state index contributed by atoms with van der Waals surface area (Å²) in [6, 6.07) is 1.97. The van der Waals surface area contributed by atoms with Crippen molar-refractivity contribution >= 4 is 21.7 Å². The first-order valence-corrected chi connectivity index (χ1v) is 5.39. The van der Waals surface area contributed by atoms with Gasteiger partial charge in [0.05, 0.1) is 0 Å². The lowest BCUT2D eigenvalue weighted by Crippen LogP contribution is -2.04. The Hall–Kier alpha value is -0.900. The summed E-state index contributed by atoms with van der Waals surface area (Å²) in [5.41, 5.74) is 1.07. The Balaban J connectivity index is 2.58. The molecule has 0 amide bonds. The summed E-state index contributed by atoms with van der Waals surface area (Å²) >= 11 is 3.28. The normalized spacial score (nSPS) is 9.86. The lowest BCUT2D eigenvalue weighted by Gasteiger charge is -2.04. The van der Waals surface area contributed by atoms with Crippen molar-refractivity contribution in [3.63, 3.8) is 0 Å². The van der Waals surface area contributed by atoms with Crippen molar-refractivity contribution in [3.8, 4) is 0 Å². The highest BCUT2D eigenvalue weighted by Crippen LogP contribution is 2.08. The molecule has 0 spiro atoms. The summed E-state index contributed by atoms with van der Waals surface area (Å²) in [5, 5.41) is 3.15. The fraction of sp³-hybridized carbons (Fsp3) is 0.400. The van der Waals surface area contributed by atoms with Gasteiger partial charge < -0.3 is 5.32 Å². The molecule has 1 aromatic heterocycles. The van der Waals surface area contributed by atoms with E-state index in [0.717, 1.165) is 28.8 Å². The number of hydrogen-bond acceptors (Lipinski definition) is 3. The number of aryl methyl sites for hydroxylation is 1. The number of anilines is 1. The van der Waals surface area contributed by atoms with E-state index in [1.54, 1.807) is 6.33 Å². The molecule has 3 nitrogen and oxygen atoms in total. The molecule has 0 saturated heterocycles. The second-order valence-electron chi connectivity index (χ2n) is 3.02. The molecule has 0 aliphatic rings. The molecule has 1 heterocycles. The average molecular weight is 256 g/mol. The van der Waals surface area contributed by atoms with E-state index >= 15 is 0 Å². The van der Waals surface area contributed by atoms with E-state index in [1.165, 1.54) is 0 Å². The van der Waals surface area contributed by atoms with Crippen LogP contribution in [0.25, 0.3) is 0 Å². The molecule has 0 aromatic carbocycles. The van der Waals surface area contributed by atoms with E-state index in [4.69, 9.17) is 0 Å². The zero-order valence-electron chi connectivity index (χ0n) is 8.26. The molecule has 1 rings (SSSR count). The molecular formula is C10H14BrN3. The largest absolute Gasteiger partial charge is 0.365 e. The third kappa shape index (κ3) is 3.87. The van der Waals surface area contributed by atoms with Gasteiger partial charge in [-0.2, -0.15) is 0 Å². The third-order valence-corrected chi connectivity index (χ3v) is 1.97. The van der Waals surface area contributed by atoms with E-state index in [-0.39, 0.29) is 0 Å². The van der Waals surface area contributed by atoms with Gasteiger partial charge in [-0.1, -0.05) is 35.9 Å². The summed E-state index contributed by atoms with van der Waals surface area (Å²) in [4.78, 5) is 8.28. The van der Waals surface area contributed by atoms with Crippen molar-refractivity contribution in [2.45, 2.75) is 19.8 Å². The van der Waals surface area contributed by atoms with Gasteiger partial charge in [0.15, 0.2) is 0 Å². The van der Waals surface area contributed by atoms with Gasteiger partial charge in [-0.15, -0.1) is 0 Å². The maximum Gasteiger partial charge on any atom is 0.129 e. The Kier molecular flexibility index (Phi) is 4.59. The van der Waals surface area contributed by atoms with E-state index in [9.17, 15) is 0 Å². The lowest BCUT2D eigenvalue weighted by molar-refractivity contribution is 0.872. The summed E-state index contributed by atoms with van der Waals surface area (Å²) in [7, 11) is 0. The molecule has 1 aromatic rings. The van der Waals surface area contributed by atoms with Gasteiger partial charge in [0.25, 0.3) is 0 Å². The van der Waals surface area contributed by atoms with Gasteiger partial charge in [0.1, 0.15) is 12.1 Å². The maximum atomic E-state index is 4.17. The van der Waals surface area contributed by atoms with Crippen molar-refractivity contribution in [2.24, 2.45) is 0 Å². The Morgan fingerprint density at radius 2 is 2.36 bits per heavy atom. The zero-order valence-corrected chi connectivity index (χ0v) is 9.84. The molecule has 0 fully saturated rings. The van der Waals surface area contributed by atoms with Crippen molar-refractivity contribution in [1.29, 1.82) is 0 Å². The Bertz CT molecular complexity index is 312. The minimum atomic E-state index is 0.683. The van der Waals surface area contributed by atoms with Crippen LogP contribution >= 0.6 is 15.9 Å². The van der Waals surface area contributed by atoms with Crippen LogP contribution in [0, 0.1) is 0 Å². The molecule has 0 radical (unpaired) electrons. The van der Waals surface area contributed by atoms with Gasteiger partial charge in [-0.05, 0) is 6.42 Å². The summed E-state index contributed by atoms with van der Waals surface area (Å²) in [6.07, 6.45) is 3.68. The zero-order chi connectivity index (χ0) is 10.4. The molecule has 14 heavy (non-hydrogen) atoms. The standard InChI is InChI=1S/C10H14BrN3/c1-3-4-9-5-10(14-7-13-9)12-6-8(2)11/h5,7H,2-4,6H2,1H3,(H,12,13,14). The quantitative estimate of drug-likeness (QED) is 0.880. The number of halogens is 1. The van der Waals surface area contributed by atoms with Crippen molar-refractivity contribution in [3.05, 3.63) is 29.1 Å². The molecule has 0 atom stereocenters. The Morgan fingerprint density at radius 3 is 3.00 bits per heavy atom. The van der Waals surface area contributed by atoms with Gasteiger partial charge >= 0.3 is 0 Å². The monoisotopic (exact) mass is 255 g/mol. The third-order valence-electron chi connectivity index (χ3n) is 1.69. The predicted molar refractivity (Wildman–Crippen MR) is 62.6 cm³/mol. The Morgan fingerprint density at radius 1 is 1.57 bits per heavy atom. The van der Waals surface area contributed by atoms with Crippen molar-refractivity contribution < 1.29 is 0 Å². The van der Waals surface area contributed by atoms with Crippen LogP contribution in [0.15, 0.2) is 23.5 Å². The molecule has 1 N–H and O–H groups in total. The van der Waals surface area contributed by atoms with E-state index in [0.29, 0.717) is 6.54 Å². The fourth-order valence-corrected chi connectivity index (χ4v) is 1.21. The second-order valence-corrected chi connectivity index (χ2v) is 4.14. The first kappa shape index (κ1) is 11.2. The summed E-state index contributed by atoms with van der Waals surface area (Å²) in [5.74, 6) is 0.851. The molecule has 0 aliphatic carbocycles. The highest BCUT2D eigenvalue weighted by atomic mass is 79.9. The van der Waals surface area contributed by atoms with E-state index in [1.807, 2.05) is 6.07 Å². The first-order valence-electron chi connectivity index (χ1n) is 4.60. The van der Waals surface area contributed by atoms with Crippen LogP contribution in [-0.2, 0) is 6.42 Å². The topological polar surface area (TPSA) is 37.8 Å². The second kappa shape index (κ2) is 5.75. The van der Waals surface area contributed by atoms with Crippen LogP contribution in [0.4, 0.5) is 5.82 Å². The van der Waals surface area contributed by atoms with E-state index in [2.05, 4.69) is 44.7 Å². The highest BCUT2D eigenvalue weighted by Gasteiger charge is 1.97. The van der Waals surface area contributed by atoms with Crippen LogP contribution in [0.1, 0.15) is 19.0 Å². The molecule has 0 bridgehead atoms. The van der Waals surface area contributed by atoms with Gasteiger partial charge in [-0.25, -0.2) is 9.97 Å². The van der Waals surface area contributed by atoms with Gasteiger partial charge in [0.2, 0.25) is 0 Å². The predicted octanol–water partition coefficient (Wildman–Crippen LogP) is 2.75. The molecule has 76 valence electrons. The Labute approximate surface area is 92.8 Å². The van der Waals surface area contributed by atoms with Crippen LogP contribution < -0.4 is 5.32 Å². The van der Waals surface area contributed by atoms with Crippen molar-refractivity contribution in [2.75, 3.05) is 11.9 Å². The van der Waals surface area contributed by atoms with Gasteiger partial charge in [-0.3, -0.25) is 0 Å². The summed E-state index contributed by atoms with van der Waals surface area (Å²) in [6.45, 7) is 6.56. The van der Waals surface area contributed by atoms with Crippen LogP contribution in [-0.4, -0.2) is 16.5 Å². The number of aromatic nitrogens is 2. The average Bonchev–Trinajstić information content (AvgIpc) is 2.16. The number of hydrogen-bond donors (Lipinski definition) is 1. The highest BCUT2D eigenvalue weighted by molar-refractivity contribution is 9.11. The number of nitrogens with one attached hydrogen (secondary N) is 1. The smallest absolute Gasteiger partial charge is 0.129 e. The minimum Gasteiger partial charge on any atom is -0.365 e. The maximum absolute atomic E-state index is 4.17. The van der Waals surface area contributed by atoms with Crippen LogP contribution in [0.3, 0.4) is 0 Å². The van der Waals surface area contributed by atoms with Crippen LogP contribution in [0.5, 0.6) is 0 Å². The number of nitrogens with zero attached hydrogens (tertiary/aromatic N) is 2. The molecule has 0 unspecified atom stereocenters. The lowest BCUT2D eigenvalue weighted by atomic mass is 10.2. The van der Waals surface area contributed by atoms with E-state index < -0.39 is 0 Å². The SMILES string of the molecule is C=C(Br)CNc1cc(CCC)ncn1. The molecular weight excluding hydrogens is 242 g/mol. The minimum absolute atomic E-state index is 0.683. The molecule has 4 heteroatoms.